The maximum atomic E-state index is 11.6. The van der Waals surface area contributed by atoms with Crippen LogP contribution in [0, 0.1) is 0 Å². The Balaban J connectivity index is 1.85. The van der Waals surface area contributed by atoms with Crippen molar-refractivity contribution in [1.29, 1.82) is 0 Å². The summed E-state index contributed by atoms with van der Waals surface area (Å²) in [4.78, 5) is 11.6. The summed E-state index contributed by atoms with van der Waals surface area (Å²) in [6.07, 6.45) is -0.368. The molecule has 5 nitrogen and oxygen atoms in total. The van der Waals surface area contributed by atoms with Gasteiger partial charge in [-0.05, 0) is 30.3 Å². The zero-order chi connectivity index (χ0) is 17.2. The van der Waals surface area contributed by atoms with Gasteiger partial charge in [0.2, 0.25) is 5.91 Å². The van der Waals surface area contributed by atoms with E-state index in [9.17, 15) is 9.90 Å². The van der Waals surface area contributed by atoms with Crippen LogP contribution in [-0.4, -0.2) is 31.2 Å². The Morgan fingerprint density at radius 3 is 2.71 bits per heavy atom. The molecule has 1 amide bonds. The highest BCUT2D eigenvalue weighted by Gasteiger charge is 2.10. The van der Waals surface area contributed by atoms with Gasteiger partial charge in [-0.3, -0.25) is 4.79 Å². The standard InChI is InChI=1S/C19H24N2O3/c1-20-11-10-19(23)21-13-18(22)16-8-5-9-17(12-16)24-14-15-6-3-2-4-7-15/h2-9,12,18,20,22H,10-11,13-14H2,1H3,(H,21,23). The van der Waals surface area contributed by atoms with E-state index < -0.39 is 6.10 Å². The van der Waals surface area contributed by atoms with Crippen LogP contribution in [0.15, 0.2) is 54.6 Å². The van der Waals surface area contributed by atoms with Crippen molar-refractivity contribution in [2.24, 2.45) is 0 Å². The molecule has 0 fully saturated rings. The summed E-state index contributed by atoms with van der Waals surface area (Å²) in [7, 11) is 1.79. The molecule has 128 valence electrons. The van der Waals surface area contributed by atoms with Crippen LogP contribution < -0.4 is 15.4 Å². The fourth-order valence-corrected chi connectivity index (χ4v) is 2.21. The number of carbonyl (C=O) groups is 1. The van der Waals surface area contributed by atoms with Gasteiger partial charge in [0.05, 0.1) is 6.10 Å². The van der Waals surface area contributed by atoms with E-state index in [1.165, 1.54) is 0 Å². The predicted molar refractivity (Wildman–Crippen MR) is 93.7 cm³/mol. The Hall–Kier alpha value is -2.37. The second-order valence-electron chi connectivity index (χ2n) is 5.52. The Bertz CT molecular complexity index is 632. The molecule has 5 heteroatoms. The Morgan fingerprint density at radius 2 is 1.96 bits per heavy atom. The molecule has 0 bridgehead atoms. The Kier molecular flexibility index (Phi) is 7.26. The summed E-state index contributed by atoms with van der Waals surface area (Å²) in [5.41, 5.74) is 1.80. The van der Waals surface area contributed by atoms with Crippen molar-refractivity contribution >= 4 is 5.91 Å². The third-order valence-electron chi connectivity index (χ3n) is 3.59. The van der Waals surface area contributed by atoms with E-state index in [1.807, 2.05) is 48.5 Å². The number of amides is 1. The highest BCUT2D eigenvalue weighted by Crippen LogP contribution is 2.20. The molecule has 1 unspecified atom stereocenters. The molecule has 2 rings (SSSR count). The van der Waals surface area contributed by atoms with Crippen molar-refractivity contribution in [2.45, 2.75) is 19.1 Å². The summed E-state index contributed by atoms with van der Waals surface area (Å²) in [5.74, 6) is 0.608. The lowest BCUT2D eigenvalue weighted by Crippen LogP contribution is -2.30. The molecule has 0 spiro atoms. The van der Waals surface area contributed by atoms with E-state index in [4.69, 9.17) is 4.74 Å². The number of aliphatic hydroxyl groups excluding tert-OH is 1. The number of benzene rings is 2. The van der Waals surface area contributed by atoms with Crippen molar-refractivity contribution in [3.05, 3.63) is 65.7 Å². The van der Waals surface area contributed by atoms with E-state index in [1.54, 1.807) is 13.1 Å². The minimum Gasteiger partial charge on any atom is -0.489 e. The molecule has 1 atom stereocenters. The smallest absolute Gasteiger partial charge is 0.221 e. The average Bonchev–Trinajstić information content (AvgIpc) is 2.63. The maximum Gasteiger partial charge on any atom is 0.221 e. The zero-order valence-corrected chi connectivity index (χ0v) is 13.9. The van der Waals surface area contributed by atoms with E-state index >= 15 is 0 Å². The van der Waals surface area contributed by atoms with Gasteiger partial charge in [-0.15, -0.1) is 0 Å². The quantitative estimate of drug-likeness (QED) is 0.659. The molecule has 0 aliphatic carbocycles. The largest absolute Gasteiger partial charge is 0.489 e. The van der Waals surface area contributed by atoms with Gasteiger partial charge in [-0.2, -0.15) is 0 Å². The Labute approximate surface area is 142 Å². The van der Waals surface area contributed by atoms with Gasteiger partial charge >= 0.3 is 0 Å². The second kappa shape index (κ2) is 9.70. The third kappa shape index (κ3) is 6.02. The van der Waals surface area contributed by atoms with Crippen molar-refractivity contribution in [2.75, 3.05) is 20.1 Å². The number of aliphatic hydroxyl groups is 1. The minimum atomic E-state index is -0.760. The molecular formula is C19H24N2O3. The lowest BCUT2D eigenvalue weighted by atomic mass is 10.1. The zero-order valence-electron chi connectivity index (χ0n) is 13.9. The highest BCUT2D eigenvalue weighted by atomic mass is 16.5. The first kappa shape index (κ1) is 18.0. The number of nitrogens with one attached hydrogen (secondary N) is 2. The molecule has 3 N–H and O–H groups in total. The number of carbonyl (C=O) groups excluding carboxylic acids is 1. The molecule has 0 saturated carbocycles. The topological polar surface area (TPSA) is 70.6 Å². The number of rotatable bonds is 9. The lowest BCUT2D eigenvalue weighted by Gasteiger charge is -2.14. The average molecular weight is 328 g/mol. The van der Waals surface area contributed by atoms with Crippen LogP contribution in [0.3, 0.4) is 0 Å². The van der Waals surface area contributed by atoms with Crippen LogP contribution in [0.5, 0.6) is 5.75 Å². The van der Waals surface area contributed by atoms with Gasteiger partial charge in [-0.25, -0.2) is 0 Å². The van der Waals surface area contributed by atoms with Crippen molar-refractivity contribution in [3.63, 3.8) is 0 Å². The molecule has 0 heterocycles. The van der Waals surface area contributed by atoms with Gasteiger partial charge in [0.1, 0.15) is 12.4 Å². The monoisotopic (exact) mass is 328 g/mol. The molecule has 0 aromatic heterocycles. The molecule has 24 heavy (non-hydrogen) atoms. The Morgan fingerprint density at radius 1 is 1.17 bits per heavy atom. The van der Waals surface area contributed by atoms with Gasteiger partial charge in [0.25, 0.3) is 0 Å². The van der Waals surface area contributed by atoms with E-state index in [0.717, 1.165) is 11.1 Å². The number of ether oxygens (including phenoxy) is 1. The highest BCUT2D eigenvalue weighted by molar-refractivity contribution is 5.76. The minimum absolute atomic E-state index is 0.0834. The molecule has 0 aliphatic rings. The van der Waals surface area contributed by atoms with Crippen LogP contribution in [0.1, 0.15) is 23.7 Å². The van der Waals surface area contributed by atoms with Crippen LogP contribution >= 0.6 is 0 Å². The summed E-state index contributed by atoms with van der Waals surface area (Å²) < 4.78 is 5.75. The molecule has 2 aromatic carbocycles. The first-order valence-corrected chi connectivity index (χ1v) is 8.05. The van der Waals surface area contributed by atoms with Crippen LogP contribution in [0.2, 0.25) is 0 Å². The molecule has 0 aliphatic heterocycles. The van der Waals surface area contributed by atoms with E-state index in [-0.39, 0.29) is 12.5 Å². The van der Waals surface area contributed by atoms with Crippen LogP contribution in [0.4, 0.5) is 0 Å². The van der Waals surface area contributed by atoms with Crippen molar-refractivity contribution in [3.8, 4) is 5.75 Å². The van der Waals surface area contributed by atoms with Crippen molar-refractivity contribution in [1.82, 2.24) is 10.6 Å². The molecular weight excluding hydrogens is 304 g/mol. The molecule has 0 saturated heterocycles. The normalized spacial score (nSPS) is 11.8. The number of hydrogen-bond acceptors (Lipinski definition) is 4. The van der Waals surface area contributed by atoms with Crippen molar-refractivity contribution < 1.29 is 14.6 Å². The molecule has 0 radical (unpaired) electrons. The number of hydrogen-bond donors (Lipinski definition) is 3. The second-order valence-corrected chi connectivity index (χ2v) is 5.52. The summed E-state index contributed by atoms with van der Waals surface area (Å²) in [5, 5.41) is 15.9. The summed E-state index contributed by atoms with van der Waals surface area (Å²) in [6, 6.07) is 17.2. The predicted octanol–water partition coefficient (Wildman–Crippen LogP) is 2.02. The maximum absolute atomic E-state index is 11.6. The fourth-order valence-electron chi connectivity index (χ4n) is 2.21. The van der Waals surface area contributed by atoms with E-state index in [0.29, 0.717) is 25.3 Å². The SMILES string of the molecule is CNCCC(=O)NCC(O)c1cccc(OCc2ccccc2)c1. The summed E-state index contributed by atoms with van der Waals surface area (Å²) in [6.45, 7) is 1.27. The first-order chi connectivity index (χ1) is 11.7. The van der Waals surface area contributed by atoms with Gasteiger partial charge < -0.3 is 20.5 Å². The summed E-state index contributed by atoms with van der Waals surface area (Å²) >= 11 is 0. The fraction of sp³-hybridized carbons (Fsp3) is 0.316. The van der Waals surface area contributed by atoms with E-state index in [2.05, 4.69) is 10.6 Å². The molecule has 2 aromatic rings. The van der Waals surface area contributed by atoms with Gasteiger partial charge in [0.15, 0.2) is 0 Å². The van der Waals surface area contributed by atoms with Crippen LogP contribution in [-0.2, 0) is 11.4 Å². The van der Waals surface area contributed by atoms with Crippen LogP contribution in [0.25, 0.3) is 0 Å². The van der Waals surface area contributed by atoms with Gasteiger partial charge in [0, 0.05) is 19.5 Å². The third-order valence-corrected chi connectivity index (χ3v) is 3.59. The van der Waals surface area contributed by atoms with Gasteiger partial charge in [-0.1, -0.05) is 42.5 Å². The lowest BCUT2D eigenvalue weighted by molar-refractivity contribution is -0.121. The first-order valence-electron chi connectivity index (χ1n) is 8.05.